The SMILES string of the molecule is COc1cccc2c1C(=O)CCC2O. The lowest BCUT2D eigenvalue weighted by Gasteiger charge is -2.21. The van der Waals surface area contributed by atoms with Gasteiger partial charge in [-0.25, -0.2) is 0 Å². The second-order valence-corrected chi connectivity index (χ2v) is 3.40. The number of aliphatic hydroxyl groups is 1. The van der Waals surface area contributed by atoms with Crippen molar-refractivity contribution in [2.45, 2.75) is 18.9 Å². The van der Waals surface area contributed by atoms with Gasteiger partial charge in [-0.05, 0) is 18.1 Å². The number of carbonyl (C=O) groups is 1. The molecule has 1 aromatic carbocycles. The minimum Gasteiger partial charge on any atom is -0.496 e. The summed E-state index contributed by atoms with van der Waals surface area (Å²) in [7, 11) is 1.53. The molecule has 74 valence electrons. The Morgan fingerprint density at radius 3 is 3.00 bits per heavy atom. The maximum absolute atomic E-state index is 11.6. The Kier molecular flexibility index (Phi) is 2.25. The number of carbonyl (C=O) groups excluding carboxylic acids is 1. The molecule has 1 N–H and O–H groups in total. The second-order valence-electron chi connectivity index (χ2n) is 3.40. The van der Waals surface area contributed by atoms with E-state index in [1.165, 1.54) is 7.11 Å². The third-order valence-corrected chi connectivity index (χ3v) is 2.56. The highest BCUT2D eigenvalue weighted by atomic mass is 16.5. The molecule has 3 nitrogen and oxygen atoms in total. The van der Waals surface area contributed by atoms with Crippen molar-refractivity contribution >= 4 is 5.78 Å². The Morgan fingerprint density at radius 1 is 1.50 bits per heavy atom. The highest BCUT2D eigenvalue weighted by Gasteiger charge is 2.26. The molecule has 2 rings (SSSR count). The molecule has 0 spiro atoms. The fourth-order valence-electron chi connectivity index (χ4n) is 1.84. The van der Waals surface area contributed by atoms with E-state index < -0.39 is 6.10 Å². The van der Waals surface area contributed by atoms with Crippen LogP contribution in [0.5, 0.6) is 5.75 Å². The molecule has 1 atom stereocenters. The molecule has 1 aliphatic carbocycles. The summed E-state index contributed by atoms with van der Waals surface area (Å²) in [6, 6.07) is 5.31. The largest absolute Gasteiger partial charge is 0.496 e. The van der Waals surface area contributed by atoms with Crippen molar-refractivity contribution in [3.8, 4) is 5.75 Å². The number of benzene rings is 1. The van der Waals surface area contributed by atoms with Gasteiger partial charge in [-0.2, -0.15) is 0 Å². The standard InChI is InChI=1S/C11H12O3/c1-14-10-4-2-3-7-8(12)5-6-9(13)11(7)10/h2-4,8,12H,5-6H2,1H3. The number of fused-ring (bicyclic) bond motifs is 1. The number of ether oxygens (including phenoxy) is 1. The van der Waals surface area contributed by atoms with Gasteiger partial charge in [-0.1, -0.05) is 12.1 Å². The number of ketones is 1. The molecule has 0 saturated heterocycles. The summed E-state index contributed by atoms with van der Waals surface area (Å²) in [5.41, 5.74) is 1.24. The maximum Gasteiger partial charge on any atom is 0.167 e. The number of Topliss-reactive ketones (excluding diaryl/α,β-unsaturated/α-hetero) is 1. The zero-order chi connectivity index (χ0) is 10.1. The van der Waals surface area contributed by atoms with Crippen LogP contribution in [0.1, 0.15) is 34.9 Å². The van der Waals surface area contributed by atoms with Gasteiger partial charge < -0.3 is 9.84 Å². The van der Waals surface area contributed by atoms with E-state index in [0.717, 1.165) is 0 Å². The molecule has 0 bridgehead atoms. The predicted octanol–water partition coefficient (Wildman–Crippen LogP) is 1.71. The van der Waals surface area contributed by atoms with Crippen molar-refractivity contribution in [2.75, 3.05) is 7.11 Å². The molecule has 0 saturated carbocycles. The first-order chi connectivity index (χ1) is 6.74. The summed E-state index contributed by atoms with van der Waals surface area (Å²) in [5.74, 6) is 0.619. The predicted molar refractivity (Wildman–Crippen MR) is 51.5 cm³/mol. The normalized spacial score (nSPS) is 20.4. The zero-order valence-electron chi connectivity index (χ0n) is 7.99. The van der Waals surface area contributed by atoms with Crippen molar-refractivity contribution in [1.29, 1.82) is 0 Å². The maximum atomic E-state index is 11.6. The van der Waals surface area contributed by atoms with Gasteiger partial charge in [0.1, 0.15) is 5.75 Å². The van der Waals surface area contributed by atoms with E-state index in [-0.39, 0.29) is 5.78 Å². The summed E-state index contributed by atoms with van der Waals surface area (Å²) in [6.07, 6.45) is 0.380. The molecule has 1 aliphatic rings. The Balaban J connectivity index is 2.60. The molecule has 0 aliphatic heterocycles. The van der Waals surface area contributed by atoms with Gasteiger partial charge in [-0.15, -0.1) is 0 Å². The summed E-state index contributed by atoms with van der Waals surface area (Å²) >= 11 is 0. The Hall–Kier alpha value is -1.35. The van der Waals surface area contributed by atoms with Gasteiger partial charge in [0, 0.05) is 6.42 Å². The second kappa shape index (κ2) is 3.42. The van der Waals surface area contributed by atoms with E-state index in [1.54, 1.807) is 18.2 Å². The van der Waals surface area contributed by atoms with Crippen molar-refractivity contribution in [1.82, 2.24) is 0 Å². The van der Waals surface area contributed by atoms with Crippen LogP contribution in [0.3, 0.4) is 0 Å². The highest BCUT2D eigenvalue weighted by molar-refractivity contribution is 6.01. The third-order valence-electron chi connectivity index (χ3n) is 2.56. The Morgan fingerprint density at radius 2 is 2.29 bits per heavy atom. The van der Waals surface area contributed by atoms with Crippen molar-refractivity contribution in [3.05, 3.63) is 29.3 Å². The lowest BCUT2D eigenvalue weighted by Crippen LogP contribution is -2.16. The average Bonchev–Trinajstić information content (AvgIpc) is 2.23. The topological polar surface area (TPSA) is 46.5 Å². The van der Waals surface area contributed by atoms with Gasteiger partial charge in [-0.3, -0.25) is 4.79 Å². The van der Waals surface area contributed by atoms with E-state index >= 15 is 0 Å². The number of hydrogen-bond acceptors (Lipinski definition) is 3. The molecule has 0 amide bonds. The van der Waals surface area contributed by atoms with E-state index in [1.807, 2.05) is 0 Å². The van der Waals surface area contributed by atoms with Crippen LogP contribution < -0.4 is 4.74 Å². The summed E-state index contributed by atoms with van der Waals surface area (Å²) < 4.78 is 5.10. The van der Waals surface area contributed by atoms with Crippen molar-refractivity contribution in [2.24, 2.45) is 0 Å². The van der Waals surface area contributed by atoms with Crippen LogP contribution in [-0.2, 0) is 0 Å². The molecular weight excluding hydrogens is 180 g/mol. The first-order valence-electron chi connectivity index (χ1n) is 4.62. The number of hydrogen-bond donors (Lipinski definition) is 1. The molecule has 1 aromatic rings. The van der Waals surface area contributed by atoms with Crippen LogP contribution in [0.25, 0.3) is 0 Å². The minimum absolute atomic E-state index is 0.0581. The fraction of sp³-hybridized carbons (Fsp3) is 0.364. The van der Waals surface area contributed by atoms with E-state index in [2.05, 4.69) is 0 Å². The molecule has 14 heavy (non-hydrogen) atoms. The molecule has 0 aromatic heterocycles. The minimum atomic E-state index is -0.530. The number of aliphatic hydroxyl groups excluding tert-OH is 1. The Bertz CT molecular complexity index is 371. The first-order valence-corrected chi connectivity index (χ1v) is 4.62. The van der Waals surface area contributed by atoms with Gasteiger partial charge in [0.25, 0.3) is 0 Å². The monoisotopic (exact) mass is 192 g/mol. The summed E-state index contributed by atoms with van der Waals surface area (Å²) in [5, 5.41) is 9.69. The molecule has 0 radical (unpaired) electrons. The van der Waals surface area contributed by atoms with Crippen LogP contribution >= 0.6 is 0 Å². The fourth-order valence-corrected chi connectivity index (χ4v) is 1.84. The third kappa shape index (κ3) is 1.30. The lowest BCUT2D eigenvalue weighted by molar-refractivity contribution is 0.0892. The van der Waals surface area contributed by atoms with Gasteiger partial charge in [0.05, 0.1) is 18.8 Å². The van der Waals surface area contributed by atoms with Crippen molar-refractivity contribution in [3.63, 3.8) is 0 Å². The van der Waals surface area contributed by atoms with Crippen LogP contribution in [0.2, 0.25) is 0 Å². The van der Waals surface area contributed by atoms with E-state index in [4.69, 9.17) is 4.74 Å². The van der Waals surface area contributed by atoms with Crippen LogP contribution in [0.4, 0.5) is 0 Å². The lowest BCUT2D eigenvalue weighted by atomic mass is 9.88. The summed E-state index contributed by atoms with van der Waals surface area (Å²) in [4.78, 5) is 11.6. The molecule has 3 heteroatoms. The quantitative estimate of drug-likeness (QED) is 0.736. The van der Waals surface area contributed by atoms with E-state index in [0.29, 0.717) is 29.7 Å². The van der Waals surface area contributed by atoms with Gasteiger partial charge in [0.2, 0.25) is 0 Å². The van der Waals surface area contributed by atoms with Crippen LogP contribution in [-0.4, -0.2) is 18.0 Å². The van der Waals surface area contributed by atoms with Gasteiger partial charge in [0.15, 0.2) is 5.78 Å². The first kappa shape index (κ1) is 9.21. The number of rotatable bonds is 1. The number of methoxy groups -OCH3 is 1. The Labute approximate surface area is 82.3 Å². The van der Waals surface area contributed by atoms with Crippen LogP contribution in [0.15, 0.2) is 18.2 Å². The van der Waals surface area contributed by atoms with Crippen molar-refractivity contribution < 1.29 is 14.6 Å². The molecule has 0 fully saturated rings. The molecule has 0 heterocycles. The smallest absolute Gasteiger partial charge is 0.167 e. The van der Waals surface area contributed by atoms with Crippen LogP contribution in [0, 0.1) is 0 Å². The summed E-state index contributed by atoms with van der Waals surface area (Å²) in [6.45, 7) is 0. The van der Waals surface area contributed by atoms with Gasteiger partial charge >= 0.3 is 0 Å². The molecular formula is C11H12O3. The van der Waals surface area contributed by atoms with E-state index in [9.17, 15) is 9.90 Å². The molecule has 1 unspecified atom stereocenters. The highest BCUT2D eigenvalue weighted by Crippen LogP contribution is 2.34. The zero-order valence-corrected chi connectivity index (χ0v) is 7.99. The average molecular weight is 192 g/mol.